The number of hydrogen-bond donors (Lipinski definition) is 3. The quantitative estimate of drug-likeness (QED) is 0.0944. The van der Waals surface area contributed by atoms with E-state index in [-0.39, 0.29) is 5.91 Å². The van der Waals surface area contributed by atoms with Crippen LogP contribution in [0.4, 0.5) is 5.69 Å². The Bertz CT molecular complexity index is 2840. The van der Waals surface area contributed by atoms with Crippen molar-refractivity contribution < 1.29 is 33.4 Å². The highest BCUT2D eigenvalue weighted by Crippen LogP contribution is 2.36. The number of amides is 1. The molecule has 0 saturated carbocycles. The Kier molecular flexibility index (Phi) is 11.1. The van der Waals surface area contributed by atoms with E-state index in [2.05, 4.69) is 15.6 Å². The third-order valence-corrected chi connectivity index (χ3v) is 10.0. The van der Waals surface area contributed by atoms with Crippen LogP contribution in [-0.4, -0.2) is 61.7 Å². The predicted octanol–water partition coefficient (Wildman–Crippen LogP) is 8.08. The monoisotopic (exact) mass is 807 g/mol. The molecule has 3 aliphatic rings. The molecule has 300 valence electrons. The van der Waals surface area contributed by atoms with Gasteiger partial charge in [-0.05, 0) is 108 Å². The summed E-state index contributed by atoms with van der Waals surface area (Å²) in [5.74, 6) is -0.995. The average molecular weight is 808 g/mol. The Morgan fingerprint density at radius 1 is 0.492 bits per heavy atom. The lowest BCUT2D eigenvalue weighted by molar-refractivity contribution is -0.115. The maximum atomic E-state index is 12.4. The van der Waals surface area contributed by atoms with E-state index in [4.69, 9.17) is 24.2 Å². The van der Waals surface area contributed by atoms with Crippen molar-refractivity contribution in [1.82, 2.24) is 10.3 Å². The summed E-state index contributed by atoms with van der Waals surface area (Å²) in [4.78, 5) is 63.2. The summed E-state index contributed by atoms with van der Waals surface area (Å²) < 4.78 is 14.8. The standard InChI is InChI=1S/C49H37N5O7/c1-59-47(56)32-15-9-29(10-16-32)44(37-22-24-39(52-37)46(41-26-28-43(55)54-41)31-13-19-34(20-14-31)49(58)61-3)36-21-23-38(51-36)45(30-11-17-33(18-12-30)48(57)60-2)40-25-27-42(53-40)50-35-7-5-4-6-8-35/h4-28,51H,1-3H3,(H,50,53)(H,54,55)/b44-37-,45-40+,46-41+. The minimum absolute atomic E-state index is 0.267. The highest BCUT2D eigenvalue weighted by molar-refractivity contribution is 6.32. The number of aromatic nitrogens is 1. The first-order valence-electron chi connectivity index (χ1n) is 19.1. The van der Waals surface area contributed by atoms with Crippen LogP contribution in [0.25, 0.3) is 16.7 Å². The van der Waals surface area contributed by atoms with Crippen LogP contribution in [0.15, 0.2) is 179 Å². The van der Waals surface area contributed by atoms with Gasteiger partial charge in [-0.15, -0.1) is 0 Å². The maximum absolute atomic E-state index is 12.4. The summed E-state index contributed by atoms with van der Waals surface area (Å²) in [6.07, 6.45) is 10.7. The Balaban J connectivity index is 1.26. The molecule has 8 rings (SSSR count). The van der Waals surface area contributed by atoms with Crippen molar-refractivity contribution >= 4 is 57.8 Å². The Labute approximate surface area is 350 Å². The number of ether oxygens (including phenoxy) is 3. The zero-order chi connectivity index (χ0) is 42.5. The molecule has 1 aromatic heterocycles. The normalized spacial score (nSPS) is 16.4. The predicted molar refractivity (Wildman–Crippen MR) is 234 cm³/mol. The summed E-state index contributed by atoms with van der Waals surface area (Å²) >= 11 is 0. The van der Waals surface area contributed by atoms with Crippen molar-refractivity contribution in [2.75, 3.05) is 26.6 Å². The van der Waals surface area contributed by atoms with Crippen molar-refractivity contribution in [3.8, 4) is 0 Å². The minimum atomic E-state index is -0.469. The van der Waals surface area contributed by atoms with Crippen LogP contribution in [0.3, 0.4) is 0 Å². The van der Waals surface area contributed by atoms with Gasteiger partial charge in [0.15, 0.2) is 0 Å². The molecule has 0 spiro atoms. The van der Waals surface area contributed by atoms with Gasteiger partial charge in [0.2, 0.25) is 5.91 Å². The molecule has 0 radical (unpaired) electrons. The summed E-state index contributed by atoms with van der Waals surface area (Å²) in [7, 11) is 4.00. The summed E-state index contributed by atoms with van der Waals surface area (Å²) in [6.45, 7) is 0. The van der Waals surface area contributed by atoms with Gasteiger partial charge in [0.1, 0.15) is 5.84 Å². The van der Waals surface area contributed by atoms with Crippen molar-refractivity contribution in [3.63, 3.8) is 0 Å². The molecule has 0 bridgehead atoms. The number of H-pyrrole nitrogens is 1. The second-order valence-corrected chi connectivity index (χ2v) is 13.8. The zero-order valence-corrected chi connectivity index (χ0v) is 33.2. The van der Waals surface area contributed by atoms with Crippen LogP contribution in [-0.2, 0) is 19.0 Å². The number of nitrogens with zero attached hydrogens (tertiary/aromatic N) is 2. The van der Waals surface area contributed by atoms with E-state index in [0.717, 1.165) is 28.1 Å². The number of aliphatic imine (C=N–C) groups is 2. The molecule has 4 heterocycles. The molecular formula is C49H37N5O7. The molecule has 0 fully saturated rings. The molecule has 0 atom stereocenters. The van der Waals surface area contributed by atoms with Crippen molar-refractivity contribution in [2.24, 2.45) is 9.98 Å². The third-order valence-electron chi connectivity index (χ3n) is 10.0. The second-order valence-electron chi connectivity index (χ2n) is 13.8. The summed E-state index contributed by atoms with van der Waals surface area (Å²) in [5.41, 5.74) is 10.3. The molecule has 12 nitrogen and oxygen atoms in total. The number of para-hydroxylation sites is 1. The number of esters is 3. The van der Waals surface area contributed by atoms with Crippen LogP contribution in [0.2, 0.25) is 0 Å². The van der Waals surface area contributed by atoms with Crippen molar-refractivity contribution in [2.45, 2.75) is 0 Å². The van der Waals surface area contributed by atoms with Crippen LogP contribution < -0.4 is 10.6 Å². The van der Waals surface area contributed by atoms with Crippen molar-refractivity contribution in [3.05, 3.63) is 214 Å². The maximum Gasteiger partial charge on any atom is 0.337 e. The average Bonchev–Trinajstić information content (AvgIpc) is 4.15. The molecule has 0 aliphatic carbocycles. The summed E-state index contributed by atoms with van der Waals surface area (Å²) in [5, 5.41) is 6.26. The topological polar surface area (TPSA) is 161 Å². The van der Waals surface area contributed by atoms with Gasteiger partial charge in [-0.25, -0.2) is 24.4 Å². The number of benzene rings is 4. The molecule has 5 aromatic rings. The van der Waals surface area contributed by atoms with Crippen LogP contribution in [0.1, 0.15) is 59.2 Å². The lowest BCUT2D eigenvalue weighted by atomic mass is 9.97. The molecule has 61 heavy (non-hydrogen) atoms. The Morgan fingerprint density at radius 2 is 0.951 bits per heavy atom. The zero-order valence-electron chi connectivity index (χ0n) is 33.2. The molecule has 3 aliphatic heterocycles. The number of anilines is 1. The van der Waals surface area contributed by atoms with Gasteiger partial charge in [0, 0.05) is 39.9 Å². The molecule has 4 aromatic carbocycles. The van der Waals surface area contributed by atoms with Crippen LogP contribution >= 0.6 is 0 Å². The summed E-state index contributed by atoms with van der Waals surface area (Å²) in [6, 6.07) is 34.7. The number of methoxy groups -OCH3 is 3. The smallest absolute Gasteiger partial charge is 0.337 e. The lowest BCUT2D eigenvalue weighted by Gasteiger charge is -2.13. The van der Waals surface area contributed by atoms with E-state index in [1.54, 1.807) is 54.6 Å². The first kappa shape index (κ1) is 39.4. The number of hydrogen-bond acceptors (Lipinski definition) is 10. The van der Waals surface area contributed by atoms with Gasteiger partial charge in [0.05, 0.1) is 60.8 Å². The third kappa shape index (κ3) is 8.32. The van der Waals surface area contributed by atoms with E-state index in [0.29, 0.717) is 67.7 Å². The van der Waals surface area contributed by atoms with E-state index < -0.39 is 17.9 Å². The molecule has 3 N–H and O–H groups in total. The molecular weight excluding hydrogens is 771 g/mol. The van der Waals surface area contributed by atoms with Gasteiger partial charge >= 0.3 is 17.9 Å². The Morgan fingerprint density at radius 3 is 1.43 bits per heavy atom. The van der Waals surface area contributed by atoms with E-state index in [1.165, 1.54) is 27.4 Å². The molecule has 12 heteroatoms. The number of nitrogens with one attached hydrogen (secondary N) is 3. The van der Waals surface area contributed by atoms with Gasteiger partial charge in [-0.3, -0.25) is 4.79 Å². The fourth-order valence-electron chi connectivity index (χ4n) is 7.09. The van der Waals surface area contributed by atoms with Crippen LogP contribution in [0, 0.1) is 0 Å². The van der Waals surface area contributed by atoms with Gasteiger partial charge < -0.3 is 29.8 Å². The lowest BCUT2D eigenvalue weighted by Crippen LogP contribution is -2.16. The highest BCUT2D eigenvalue weighted by Gasteiger charge is 2.24. The fourth-order valence-corrected chi connectivity index (χ4v) is 7.09. The SMILES string of the molecule is COC(=O)c1ccc(/C(=C2\C=CC(C(=C3\C=CC(=O)N3)/c3ccc(C(=O)OC)cc3)=N2)c2ccc(/C(=C3\C=CC(Nc4ccccc4)=N3)c3ccc(C(=O)OC)cc3)[nH]2)cc1. The Hall–Kier alpha value is -8.38. The van der Waals surface area contributed by atoms with Gasteiger partial charge in [-0.1, -0.05) is 54.6 Å². The molecule has 0 unspecified atom stereocenters. The molecule has 0 saturated heterocycles. The molecule has 1 amide bonds. The number of aromatic amines is 1. The number of carbonyl (C=O) groups is 4. The van der Waals surface area contributed by atoms with E-state index >= 15 is 0 Å². The van der Waals surface area contributed by atoms with E-state index in [9.17, 15) is 19.2 Å². The second kappa shape index (κ2) is 17.2. The van der Waals surface area contributed by atoms with Crippen molar-refractivity contribution in [1.29, 1.82) is 0 Å². The number of allylic oxidation sites excluding steroid dienone is 5. The fraction of sp³-hybridized carbons (Fsp3) is 0.0612. The van der Waals surface area contributed by atoms with Crippen LogP contribution in [0.5, 0.6) is 0 Å². The number of carbonyl (C=O) groups excluding carboxylic acids is 4. The van der Waals surface area contributed by atoms with Gasteiger partial charge in [-0.2, -0.15) is 0 Å². The van der Waals surface area contributed by atoms with E-state index in [1.807, 2.05) is 91.0 Å². The number of amidine groups is 1. The first-order valence-corrected chi connectivity index (χ1v) is 19.1. The minimum Gasteiger partial charge on any atom is -0.465 e. The van der Waals surface area contributed by atoms with Gasteiger partial charge in [0.25, 0.3) is 0 Å². The largest absolute Gasteiger partial charge is 0.465 e. The number of rotatable bonds is 10. The first-order chi connectivity index (χ1) is 29.7. The highest BCUT2D eigenvalue weighted by atomic mass is 16.5.